The molecule has 0 fully saturated rings. The summed E-state index contributed by atoms with van der Waals surface area (Å²) in [6.45, 7) is 7.34. The Morgan fingerprint density at radius 3 is 2.46 bits per heavy atom. The van der Waals surface area contributed by atoms with E-state index in [0.717, 1.165) is 29.9 Å². The number of hydrogen-bond acceptors (Lipinski definition) is 4. The van der Waals surface area contributed by atoms with Crippen LogP contribution >= 0.6 is 22.9 Å². The number of benzene rings is 2. The van der Waals surface area contributed by atoms with E-state index in [9.17, 15) is 9.18 Å². The fourth-order valence-corrected chi connectivity index (χ4v) is 4.31. The van der Waals surface area contributed by atoms with Crippen LogP contribution in [0.1, 0.15) is 19.4 Å². The van der Waals surface area contributed by atoms with Crippen molar-refractivity contribution in [2.75, 3.05) is 31.1 Å². The van der Waals surface area contributed by atoms with E-state index in [2.05, 4.69) is 23.7 Å². The molecule has 0 spiro atoms. The van der Waals surface area contributed by atoms with Crippen molar-refractivity contribution in [1.29, 1.82) is 0 Å². The Morgan fingerprint density at radius 2 is 1.82 bits per heavy atom. The monoisotopic (exact) mass is 419 g/mol. The number of fused-ring (bicyclic) bond motifs is 1. The number of carbonyl (C=O) groups is 1. The zero-order valence-corrected chi connectivity index (χ0v) is 17.6. The van der Waals surface area contributed by atoms with Crippen LogP contribution in [0, 0.1) is 5.82 Å². The Labute approximate surface area is 173 Å². The number of nitrogens with zero attached hydrogens (tertiary/aromatic N) is 3. The molecule has 1 amide bonds. The predicted octanol–water partition coefficient (Wildman–Crippen LogP) is 5.01. The molecular weight excluding hydrogens is 397 g/mol. The molecule has 2 aromatic carbocycles. The first-order valence-electron chi connectivity index (χ1n) is 9.34. The summed E-state index contributed by atoms with van der Waals surface area (Å²) in [6, 6.07) is 11.7. The first kappa shape index (κ1) is 20.7. The van der Waals surface area contributed by atoms with Crippen molar-refractivity contribution in [2.45, 2.75) is 20.3 Å². The molecule has 7 heteroatoms. The molecule has 148 valence electrons. The number of rotatable bonds is 8. The van der Waals surface area contributed by atoms with Crippen LogP contribution in [0.25, 0.3) is 10.2 Å². The minimum Gasteiger partial charge on any atom is -0.302 e. The van der Waals surface area contributed by atoms with Gasteiger partial charge in [0, 0.05) is 13.1 Å². The van der Waals surface area contributed by atoms with Gasteiger partial charge in [-0.2, -0.15) is 0 Å². The molecule has 3 rings (SSSR count). The third-order valence-corrected chi connectivity index (χ3v) is 6.04. The van der Waals surface area contributed by atoms with Crippen molar-refractivity contribution in [2.24, 2.45) is 0 Å². The van der Waals surface area contributed by atoms with E-state index in [1.807, 2.05) is 12.1 Å². The summed E-state index contributed by atoms with van der Waals surface area (Å²) >= 11 is 7.73. The van der Waals surface area contributed by atoms with Crippen molar-refractivity contribution in [1.82, 2.24) is 9.88 Å². The Balaban J connectivity index is 1.87. The van der Waals surface area contributed by atoms with Crippen LogP contribution in [0.4, 0.5) is 9.52 Å². The van der Waals surface area contributed by atoms with Gasteiger partial charge in [0.1, 0.15) is 11.3 Å². The highest BCUT2D eigenvalue weighted by atomic mass is 35.5. The molecule has 0 atom stereocenters. The second kappa shape index (κ2) is 9.45. The Bertz CT molecular complexity index is 940. The molecule has 1 heterocycles. The molecule has 0 radical (unpaired) electrons. The molecule has 0 saturated heterocycles. The van der Waals surface area contributed by atoms with Gasteiger partial charge in [-0.1, -0.05) is 55.0 Å². The average Bonchev–Trinajstić information content (AvgIpc) is 3.12. The standard InChI is InChI=1S/C21H23ClFN3OS/c1-3-25(4-2)12-13-26(19(27)14-15-8-10-16(23)11-9-15)21-24-20-17(22)6-5-7-18(20)28-21/h5-11H,3-4,12-14H2,1-2H3. The van der Waals surface area contributed by atoms with Crippen LogP contribution in [0.3, 0.4) is 0 Å². The number of para-hydroxylation sites is 1. The molecule has 0 saturated carbocycles. The lowest BCUT2D eigenvalue weighted by atomic mass is 10.1. The fourth-order valence-electron chi connectivity index (χ4n) is 3.00. The Kier molecular flexibility index (Phi) is 6.99. The van der Waals surface area contributed by atoms with Gasteiger partial charge in [0.15, 0.2) is 5.13 Å². The lowest BCUT2D eigenvalue weighted by molar-refractivity contribution is -0.118. The van der Waals surface area contributed by atoms with Crippen LogP contribution in [-0.4, -0.2) is 42.0 Å². The van der Waals surface area contributed by atoms with Crippen LogP contribution in [0.15, 0.2) is 42.5 Å². The first-order chi connectivity index (χ1) is 13.5. The smallest absolute Gasteiger partial charge is 0.233 e. The summed E-state index contributed by atoms with van der Waals surface area (Å²) in [7, 11) is 0. The van der Waals surface area contributed by atoms with Gasteiger partial charge in [-0.15, -0.1) is 0 Å². The number of hydrogen-bond donors (Lipinski definition) is 0. The lowest BCUT2D eigenvalue weighted by Gasteiger charge is -2.24. The number of thiazole rings is 1. The van der Waals surface area contributed by atoms with Gasteiger partial charge in [-0.05, 0) is 42.9 Å². The van der Waals surface area contributed by atoms with Crippen LogP contribution in [-0.2, 0) is 11.2 Å². The summed E-state index contributed by atoms with van der Waals surface area (Å²) < 4.78 is 14.1. The van der Waals surface area contributed by atoms with Crippen molar-refractivity contribution in [3.8, 4) is 0 Å². The molecule has 1 aromatic heterocycles. The maximum absolute atomic E-state index is 13.2. The second-order valence-corrected chi connectivity index (χ2v) is 7.87. The summed E-state index contributed by atoms with van der Waals surface area (Å²) in [5.74, 6) is -0.371. The highest BCUT2D eigenvalue weighted by molar-refractivity contribution is 7.22. The fraction of sp³-hybridized carbons (Fsp3) is 0.333. The average molecular weight is 420 g/mol. The van der Waals surface area contributed by atoms with Crippen LogP contribution in [0.2, 0.25) is 5.02 Å². The number of amides is 1. The molecule has 28 heavy (non-hydrogen) atoms. The molecular formula is C21H23ClFN3OS. The summed E-state index contributed by atoms with van der Waals surface area (Å²) in [4.78, 5) is 21.7. The van der Waals surface area contributed by atoms with Crippen molar-refractivity contribution < 1.29 is 9.18 Å². The highest BCUT2D eigenvalue weighted by Crippen LogP contribution is 2.33. The van der Waals surface area contributed by atoms with E-state index < -0.39 is 0 Å². The molecule has 4 nitrogen and oxygen atoms in total. The SMILES string of the molecule is CCN(CC)CCN(C(=O)Cc1ccc(F)cc1)c1nc2c(Cl)cccc2s1. The predicted molar refractivity (Wildman–Crippen MR) is 115 cm³/mol. The van der Waals surface area contributed by atoms with E-state index in [0.29, 0.717) is 22.2 Å². The quantitative estimate of drug-likeness (QED) is 0.515. The van der Waals surface area contributed by atoms with Gasteiger partial charge in [-0.3, -0.25) is 9.69 Å². The largest absolute Gasteiger partial charge is 0.302 e. The summed E-state index contributed by atoms with van der Waals surface area (Å²) in [6.07, 6.45) is 0.197. The van der Waals surface area contributed by atoms with Gasteiger partial charge in [0.25, 0.3) is 0 Å². The molecule has 0 aliphatic carbocycles. The molecule has 0 bridgehead atoms. The van der Waals surface area contributed by atoms with Gasteiger partial charge >= 0.3 is 0 Å². The topological polar surface area (TPSA) is 36.4 Å². The molecule has 0 aliphatic heterocycles. The van der Waals surface area contributed by atoms with E-state index in [1.165, 1.54) is 23.5 Å². The first-order valence-corrected chi connectivity index (χ1v) is 10.5. The van der Waals surface area contributed by atoms with E-state index in [-0.39, 0.29) is 18.1 Å². The van der Waals surface area contributed by atoms with E-state index in [4.69, 9.17) is 11.6 Å². The third-order valence-electron chi connectivity index (χ3n) is 4.69. The van der Waals surface area contributed by atoms with E-state index >= 15 is 0 Å². The van der Waals surface area contributed by atoms with E-state index in [1.54, 1.807) is 23.1 Å². The zero-order chi connectivity index (χ0) is 20.1. The van der Waals surface area contributed by atoms with Crippen molar-refractivity contribution in [3.05, 3.63) is 58.9 Å². The Morgan fingerprint density at radius 1 is 1.11 bits per heavy atom. The second-order valence-electron chi connectivity index (χ2n) is 6.46. The Hall–Kier alpha value is -2.02. The van der Waals surface area contributed by atoms with Gasteiger partial charge in [0.2, 0.25) is 5.91 Å². The zero-order valence-electron chi connectivity index (χ0n) is 16.0. The van der Waals surface area contributed by atoms with Gasteiger partial charge < -0.3 is 4.90 Å². The summed E-state index contributed by atoms with van der Waals surface area (Å²) in [5, 5.41) is 1.22. The van der Waals surface area contributed by atoms with Gasteiger partial charge in [0.05, 0.1) is 16.1 Å². The van der Waals surface area contributed by atoms with Crippen molar-refractivity contribution >= 4 is 44.2 Å². The molecule has 0 unspecified atom stereocenters. The number of likely N-dealkylation sites (N-methyl/N-ethyl adjacent to an activating group) is 1. The number of carbonyl (C=O) groups excluding carboxylic acids is 1. The number of anilines is 1. The van der Waals surface area contributed by atoms with Crippen LogP contribution < -0.4 is 4.90 Å². The minimum atomic E-state index is -0.310. The molecule has 3 aromatic rings. The maximum Gasteiger partial charge on any atom is 0.233 e. The van der Waals surface area contributed by atoms with Crippen LogP contribution in [0.5, 0.6) is 0 Å². The minimum absolute atomic E-state index is 0.0612. The number of aromatic nitrogens is 1. The molecule has 0 N–H and O–H groups in total. The third kappa shape index (κ3) is 4.87. The lowest BCUT2D eigenvalue weighted by Crippen LogP contribution is -2.39. The maximum atomic E-state index is 13.2. The van der Waals surface area contributed by atoms with Crippen molar-refractivity contribution in [3.63, 3.8) is 0 Å². The molecule has 0 aliphatic rings. The highest BCUT2D eigenvalue weighted by Gasteiger charge is 2.21. The summed E-state index contributed by atoms with van der Waals surface area (Å²) in [5.41, 5.74) is 1.49. The van der Waals surface area contributed by atoms with Gasteiger partial charge in [-0.25, -0.2) is 9.37 Å². The normalized spacial score (nSPS) is 11.3. The number of halogens is 2.